The van der Waals surface area contributed by atoms with E-state index in [-0.39, 0.29) is 5.83 Å². The van der Waals surface area contributed by atoms with Crippen molar-refractivity contribution in [2.24, 2.45) is 0 Å². The number of hydrogen-bond acceptors (Lipinski definition) is 1. The third kappa shape index (κ3) is 2.59. The quantitative estimate of drug-likeness (QED) is 0.721. The highest BCUT2D eigenvalue weighted by molar-refractivity contribution is 5.79. The minimum Gasteiger partial charge on any atom is -0.496 e. The second-order valence-electron chi connectivity index (χ2n) is 4.05. The maximum absolute atomic E-state index is 14.2. The zero-order valence-electron chi connectivity index (χ0n) is 10.5. The monoisotopic (exact) mass is 242 g/mol. The van der Waals surface area contributed by atoms with Crippen LogP contribution in [0.3, 0.4) is 0 Å². The zero-order chi connectivity index (χ0) is 13.0. The molecule has 0 spiro atoms. The Morgan fingerprint density at radius 1 is 1.06 bits per heavy atom. The van der Waals surface area contributed by atoms with Gasteiger partial charge in [-0.3, -0.25) is 0 Å². The van der Waals surface area contributed by atoms with Crippen LogP contribution in [-0.2, 0) is 0 Å². The number of para-hydroxylation sites is 1. The number of rotatable bonds is 3. The van der Waals surface area contributed by atoms with Crippen molar-refractivity contribution in [2.75, 3.05) is 7.11 Å². The number of benzene rings is 2. The van der Waals surface area contributed by atoms with Crippen LogP contribution in [0.15, 0.2) is 48.5 Å². The van der Waals surface area contributed by atoms with Gasteiger partial charge in [-0.25, -0.2) is 4.39 Å². The van der Waals surface area contributed by atoms with Crippen molar-refractivity contribution in [1.82, 2.24) is 0 Å². The van der Waals surface area contributed by atoms with Crippen LogP contribution >= 0.6 is 0 Å². The van der Waals surface area contributed by atoms with Crippen molar-refractivity contribution in [3.05, 3.63) is 65.2 Å². The number of methoxy groups -OCH3 is 1. The van der Waals surface area contributed by atoms with Crippen LogP contribution in [0.2, 0.25) is 0 Å². The fourth-order valence-electron chi connectivity index (χ4n) is 1.84. The lowest BCUT2D eigenvalue weighted by molar-refractivity contribution is 0.414. The molecule has 18 heavy (non-hydrogen) atoms. The average molecular weight is 242 g/mol. The summed E-state index contributed by atoms with van der Waals surface area (Å²) in [5, 5.41) is 0. The first-order valence-corrected chi connectivity index (χ1v) is 5.78. The van der Waals surface area contributed by atoms with E-state index >= 15 is 0 Å². The molecule has 2 aromatic carbocycles. The van der Waals surface area contributed by atoms with Crippen molar-refractivity contribution < 1.29 is 9.13 Å². The van der Waals surface area contributed by atoms with Crippen molar-refractivity contribution in [3.8, 4) is 5.75 Å². The Bertz CT molecular complexity index is 573. The van der Waals surface area contributed by atoms with Gasteiger partial charge in [0.05, 0.1) is 7.11 Å². The summed E-state index contributed by atoms with van der Waals surface area (Å²) < 4.78 is 19.4. The molecule has 2 rings (SSSR count). The van der Waals surface area contributed by atoms with E-state index in [9.17, 15) is 4.39 Å². The summed E-state index contributed by atoms with van der Waals surface area (Å²) in [6, 6.07) is 14.8. The first kappa shape index (κ1) is 12.4. The van der Waals surface area contributed by atoms with Crippen LogP contribution in [0.5, 0.6) is 5.75 Å². The van der Waals surface area contributed by atoms with Gasteiger partial charge in [-0.15, -0.1) is 0 Å². The molecule has 0 fully saturated rings. The SMILES string of the molecule is COc1ccccc1/C=C(/F)c1ccccc1C. The second kappa shape index (κ2) is 5.50. The summed E-state index contributed by atoms with van der Waals surface area (Å²) in [6.07, 6.45) is 1.50. The molecule has 0 atom stereocenters. The molecule has 0 aliphatic rings. The van der Waals surface area contributed by atoms with E-state index in [1.165, 1.54) is 6.08 Å². The molecule has 0 saturated heterocycles. The molecular formula is C16H15FO. The van der Waals surface area contributed by atoms with Crippen LogP contribution < -0.4 is 4.74 Å². The summed E-state index contributed by atoms with van der Waals surface area (Å²) in [5.41, 5.74) is 2.27. The van der Waals surface area contributed by atoms with E-state index in [2.05, 4.69) is 0 Å². The summed E-state index contributed by atoms with van der Waals surface area (Å²) >= 11 is 0. The highest BCUT2D eigenvalue weighted by atomic mass is 19.1. The Kier molecular flexibility index (Phi) is 3.78. The van der Waals surface area contributed by atoms with Crippen molar-refractivity contribution in [1.29, 1.82) is 0 Å². The molecule has 0 N–H and O–H groups in total. The standard InChI is InChI=1S/C16H15FO/c1-12-7-3-5-9-14(12)15(17)11-13-8-4-6-10-16(13)18-2/h3-11H,1-2H3/b15-11+. The number of aryl methyl sites for hydroxylation is 1. The van der Waals surface area contributed by atoms with Gasteiger partial charge >= 0.3 is 0 Å². The van der Waals surface area contributed by atoms with Gasteiger partial charge in [0.2, 0.25) is 0 Å². The van der Waals surface area contributed by atoms with E-state index in [1.54, 1.807) is 13.2 Å². The van der Waals surface area contributed by atoms with Crippen LogP contribution in [0, 0.1) is 6.92 Å². The summed E-state index contributed by atoms with van der Waals surface area (Å²) in [6.45, 7) is 1.89. The third-order valence-corrected chi connectivity index (χ3v) is 2.82. The molecule has 0 aliphatic heterocycles. The number of halogens is 1. The number of hydrogen-bond donors (Lipinski definition) is 0. The molecular weight excluding hydrogens is 227 g/mol. The molecule has 2 heteroatoms. The minimum absolute atomic E-state index is 0.252. The first-order valence-electron chi connectivity index (χ1n) is 5.78. The van der Waals surface area contributed by atoms with Gasteiger partial charge in [0.15, 0.2) is 0 Å². The van der Waals surface area contributed by atoms with Crippen LogP contribution in [-0.4, -0.2) is 7.11 Å². The highest BCUT2D eigenvalue weighted by Crippen LogP contribution is 2.26. The predicted octanol–water partition coefficient (Wildman–Crippen LogP) is 4.47. The lowest BCUT2D eigenvalue weighted by atomic mass is 10.1. The Hall–Kier alpha value is -2.09. The van der Waals surface area contributed by atoms with Crippen LogP contribution in [0.4, 0.5) is 4.39 Å². The molecule has 0 bridgehead atoms. The maximum Gasteiger partial charge on any atom is 0.131 e. The van der Waals surface area contributed by atoms with Crippen LogP contribution in [0.1, 0.15) is 16.7 Å². The molecule has 0 unspecified atom stereocenters. The van der Waals surface area contributed by atoms with Gasteiger partial charge in [-0.2, -0.15) is 0 Å². The Balaban J connectivity index is 2.42. The second-order valence-corrected chi connectivity index (χ2v) is 4.05. The van der Waals surface area contributed by atoms with E-state index in [0.29, 0.717) is 11.3 Å². The zero-order valence-corrected chi connectivity index (χ0v) is 10.5. The van der Waals surface area contributed by atoms with E-state index in [1.807, 2.05) is 49.4 Å². The predicted molar refractivity (Wildman–Crippen MR) is 73.2 cm³/mol. The lowest BCUT2D eigenvalue weighted by Gasteiger charge is -2.06. The lowest BCUT2D eigenvalue weighted by Crippen LogP contribution is -1.88. The Labute approximate surface area is 107 Å². The van der Waals surface area contributed by atoms with E-state index in [4.69, 9.17) is 4.74 Å². The van der Waals surface area contributed by atoms with Crippen LogP contribution in [0.25, 0.3) is 11.9 Å². The maximum atomic E-state index is 14.2. The fourth-order valence-corrected chi connectivity index (χ4v) is 1.84. The molecule has 92 valence electrons. The van der Waals surface area contributed by atoms with Gasteiger partial charge in [-0.05, 0) is 24.6 Å². The Morgan fingerprint density at radius 3 is 2.44 bits per heavy atom. The first-order chi connectivity index (χ1) is 8.72. The molecule has 1 nitrogen and oxygen atoms in total. The molecule has 0 radical (unpaired) electrons. The topological polar surface area (TPSA) is 9.23 Å². The molecule has 0 heterocycles. The van der Waals surface area contributed by atoms with Gasteiger partial charge < -0.3 is 4.74 Å². The van der Waals surface area contributed by atoms with Gasteiger partial charge in [0.25, 0.3) is 0 Å². The molecule has 0 aliphatic carbocycles. The number of ether oxygens (including phenoxy) is 1. The van der Waals surface area contributed by atoms with Crippen molar-refractivity contribution in [3.63, 3.8) is 0 Å². The van der Waals surface area contributed by atoms with E-state index < -0.39 is 0 Å². The molecule has 2 aromatic rings. The van der Waals surface area contributed by atoms with Gasteiger partial charge in [-0.1, -0.05) is 42.5 Å². The third-order valence-electron chi connectivity index (χ3n) is 2.82. The summed E-state index contributed by atoms with van der Waals surface area (Å²) in [5.74, 6) is 0.416. The van der Waals surface area contributed by atoms with Gasteiger partial charge in [0, 0.05) is 11.1 Å². The van der Waals surface area contributed by atoms with E-state index in [0.717, 1.165) is 11.1 Å². The summed E-state index contributed by atoms with van der Waals surface area (Å²) in [4.78, 5) is 0. The highest BCUT2D eigenvalue weighted by Gasteiger charge is 2.05. The van der Waals surface area contributed by atoms with Crippen molar-refractivity contribution in [2.45, 2.75) is 6.92 Å². The van der Waals surface area contributed by atoms with Gasteiger partial charge in [0.1, 0.15) is 11.6 Å². The minimum atomic E-state index is -0.252. The summed E-state index contributed by atoms with van der Waals surface area (Å²) in [7, 11) is 1.58. The fraction of sp³-hybridized carbons (Fsp3) is 0.125. The molecule has 0 amide bonds. The largest absolute Gasteiger partial charge is 0.496 e. The normalized spacial score (nSPS) is 11.4. The average Bonchev–Trinajstić information content (AvgIpc) is 2.39. The molecule has 0 aromatic heterocycles. The Morgan fingerprint density at radius 2 is 1.72 bits per heavy atom. The van der Waals surface area contributed by atoms with Crippen molar-refractivity contribution >= 4 is 11.9 Å². The molecule has 0 saturated carbocycles. The smallest absolute Gasteiger partial charge is 0.131 e.